The highest BCUT2D eigenvalue weighted by atomic mass is 35.5. The molecule has 4 N–H and O–H groups in total. The topological polar surface area (TPSA) is 183 Å². The van der Waals surface area contributed by atoms with Crippen LogP contribution in [0.3, 0.4) is 0 Å². The van der Waals surface area contributed by atoms with Gasteiger partial charge in [-0.15, -0.1) is 0 Å². The average molecular weight is 553 g/mol. The number of fused-ring (bicyclic) bond motifs is 1. The van der Waals surface area contributed by atoms with Gasteiger partial charge in [0.15, 0.2) is 5.78 Å². The van der Waals surface area contributed by atoms with E-state index in [4.69, 9.17) is 33.8 Å². The molecule has 0 bridgehead atoms. The molecule has 4 rings (SSSR count). The number of Topliss-reactive ketones (excluding diaryl/α,β-unsaturated/α-hetero) is 1. The number of nitro benzene ring substituents is 1. The molecule has 0 saturated carbocycles. The number of halogens is 2. The van der Waals surface area contributed by atoms with Crippen LogP contribution in [0.15, 0.2) is 72.2 Å². The molecular weight excluding hydrogens is 537 g/mol. The van der Waals surface area contributed by atoms with Gasteiger partial charge in [0.25, 0.3) is 5.69 Å². The Labute approximate surface area is 225 Å². The largest absolute Gasteiger partial charge is 0.859 e. The van der Waals surface area contributed by atoms with E-state index in [1.807, 2.05) is 0 Å². The highest BCUT2D eigenvalue weighted by molar-refractivity contribution is 6.42. The summed E-state index contributed by atoms with van der Waals surface area (Å²) >= 11 is 12.1. The Morgan fingerprint density at radius 1 is 1.13 bits per heavy atom. The Morgan fingerprint density at radius 3 is 2.53 bits per heavy atom. The van der Waals surface area contributed by atoms with Gasteiger partial charge < -0.3 is 20.6 Å². The molecular formula is C25H16Cl2N5O6-. The van der Waals surface area contributed by atoms with Crippen LogP contribution in [0.5, 0.6) is 0 Å². The van der Waals surface area contributed by atoms with Gasteiger partial charge in [0.2, 0.25) is 0 Å². The van der Waals surface area contributed by atoms with Crippen molar-refractivity contribution in [3.63, 3.8) is 0 Å². The molecule has 3 aromatic carbocycles. The molecule has 11 nitrogen and oxygen atoms in total. The number of cyclic esters (lactones) is 1. The van der Waals surface area contributed by atoms with Gasteiger partial charge in [-0.2, -0.15) is 5.26 Å². The molecule has 192 valence electrons. The predicted molar refractivity (Wildman–Crippen MR) is 135 cm³/mol. The third-order valence-corrected chi connectivity index (χ3v) is 6.54. The lowest BCUT2D eigenvalue weighted by atomic mass is 9.85. The van der Waals surface area contributed by atoms with E-state index in [1.165, 1.54) is 30.3 Å². The minimum atomic E-state index is -1.48. The summed E-state index contributed by atoms with van der Waals surface area (Å²) in [6.07, 6.45) is -1.25. The second-order valence-electron chi connectivity index (χ2n) is 7.99. The summed E-state index contributed by atoms with van der Waals surface area (Å²) in [6.45, 7) is 0. The highest BCUT2D eigenvalue weighted by Crippen LogP contribution is 2.41. The predicted octanol–water partition coefficient (Wildman–Crippen LogP) is 3.59. The number of anilines is 1. The summed E-state index contributed by atoms with van der Waals surface area (Å²) in [7, 11) is 0. The maximum atomic E-state index is 13.8. The van der Waals surface area contributed by atoms with E-state index in [0.717, 1.165) is 12.1 Å². The number of carbonyl (C=O) groups excluding carboxylic acids is 2. The molecule has 0 radical (unpaired) electrons. The molecule has 0 amide bonds. The molecule has 0 aromatic heterocycles. The standard InChI is InChI=1S/C25H17Cl2N5O6/c26-17-7-5-12(10-18(17)27)22(33)20(23-15-3-1-2-4-16(15)25(35)38-23)21(31-29)24(34)30-19-8-6-14(32(36)37)9-13(19)11-28/h1-10,20,23,30-31,34H,29H2/p-1. The van der Waals surface area contributed by atoms with Crippen LogP contribution in [-0.4, -0.2) is 16.7 Å². The van der Waals surface area contributed by atoms with Crippen LogP contribution < -0.4 is 21.7 Å². The lowest BCUT2D eigenvalue weighted by molar-refractivity contribution is -0.384. The third kappa shape index (κ3) is 4.96. The Hall–Kier alpha value is -4.63. The van der Waals surface area contributed by atoms with Gasteiger partial charge in [-0.1, -0.05) is 41.4 Å². The number of esters is 1. The normalized spacial score (nSPS) is 15.4. The van der Waals surface area contributed by atoms with Crippen molar-refractivity contribution < 1.29 is 24.4 Å². The van der Waals surface area contributed by atoms with E-state index < -0.39 is 40.3 Å². The third-order valence-electron chi connectivity index (χ3n) is 5.80. The number of ether oxygens (including phenoxy) is 1. The van der Waals surface area contributed by atoms with Crippen molar-refractivity contribution in [2.24, 2.45) is 11.8 Å². The van der Waals surface area contributed by atoms with Crippen LogP contribution in [0, 0.1) is 27.4 Å². The maximum absolute atomic E-state index is 13.8. The summed E-state index contributed by atoms with van der Waals surface area (Å²) < 4.78 is 5.52. The van der Waals surface area contributed by atoms with Crippen molar-refractivity contribution in [1.82, 2.24) is 5.43 Å². The Morgan fingerprint density at radius 2 is 1.87 bits per heavy atom. The first-order chi connectivity index (χ1) is 18.2. The quantitative estimate of drug-likeness (QED) is 0.0930. The van der Waals surface area contributed by atoms with Gasteiger partial charge in [0.05, 0.1) is 31.8 Å². The Kier molecular flexibility index (Phi) is 7.50. The number of hydrazine groups is 1. The van der Waals surface area contributed by atoms with E-state index >= 15 is 0 Å². The summed E-state index contributed by atoms with van der Waals surface area (Å²) in [5.41, 5.74) is 1.82. The van der Waals surface area contributed by atoms with Crippen molar-refractivity contribution in [3.05, 3.63) is 115 Å². The maximum Gasteiger partial charge on any atom is 0.339 e. The smallest absolute Gasteiger partial charge is 0.339 e. The highest BCUT2D eigenvalue weighted by Gasteiger charge is 2.42. The first kappa shape index (κ1) is 26.4. The van der Waals surface area contributed by atoms with Gasteiger partial charge in [0.1, 0.15) is 18.1 Å². The molecule has 38 heavy (non-hydrogen) atoms. The summed E-state index contributed by atoms with van der Waals surface area (Å²) in [5.74, 6) is 1.91. The molecule has 1 heterocycles. The molecule has 1 aliphatic heterocycles. The average Bonchev–Trinajstić information content (AvgIpc) is 3.24. The molecule has 2 unspecified atom stereocenters. The zero-order chi connectivity index (χ0) is 27.6. The van der Waals surface area contributed by atoms with E-state index in [-0.39, 0.29) is 38.1 Å². The summed E-state index contributed by atoms with van der Waals surface area (Å²) in [6, 6.07) is 15.5. The summed E-state index contributed by atoms with van der Waals surface area (Å²) in [4.78, 5) is 36.7. The number of nitrogens with zero attached hydrogens (tertiary/aromatic N) is 2. The van der Waals surface area contributed by atoms with Crippen LogP contribution in [0.2, 0.25) is 10.0 Å². The van der Waals surface area contributed by atoms with Crippen LogP contribution in [0.4, 0.5) is 11.4 Å². The molecule has 0 saturated heterocycles. The molecule has 13 heteroatoms. The number of ketones is 1. The van der Waals surface area contributed by atoms with Crippen LogP contribution in [-0.2, 0) is 4.74 Å². The summed E-state index contributed by atoms with van der Waals surface area (Å²) in [5, 5.41) is 36.6. The van der Waals surface area contributed by atoms with Crippen molar-refractivity contribution >= 4 is 46.3 Å². The number of nitrogens with one attached hydrogen (secondary N) is 2. The second kappa shape index (κ2) is 10.8. The molecule has 0 aliphatic carbocycles. The first-order valence-corrected chi connectivity index (χ1v) is 11.5. The van der Waals surface area contributed by atoms with Crippen LogP contribution >= 0.6 is 23.2 Å². The number of non-ortho nitro benzene ring substituents is 1. The number of hydrogen-bond donors (Lipinski definition) is 3. The number of benzene rings is 3. The van der Waals surface area contributed by atoms with Gasteiger partial charge in [0, 0.05) is 29.0 Å². The van der Waals surface area contributed by atoms with Crippen LogP contribution in [0.1, 0.15) is 37.9 Å². The number of hydrogen-bond acceptors (Lipinski definition) is 10. The monoisotopic (exact) mass is 552 g/mol. The van der Waals surface area contributed by atoms with Crippen molar-refractivity contribution in [1.29, 1.82) is 5.26 Å². The molecule has 0 spiro atoms. The van der Waals surface area contributed by atoms with Gasteiger partial charge in [-0.3, -0.25) is 20.8 Å². The van der Waals surface area contributed by atoms with E-state index in [9.17, 15) is 30.1 Å². The SMILES string of the molecule is N#Cc1cc([N+](=O)[O-])ccc1NC([O-])=C(NN)C(C(=O)c1ccc(Cl)c(Cl)c1)C1OC(=O)c2ccccc21. The van der Waals surface area contributed by atoms with Crippen molar-refractivity contribution in [3.8, 4) is 6.07 Å². The Bertz CT molecular complexity index is 1550. The van der Waals surface area contributed by atoms with E-state index in [2.05, 4.69) is 10.7 Å². The zero-order valence-electron chi connectivity index (χ0n) is 19.1. The number of nitro groups is 1. The first-order valence-electron chi connectivity index (χ1n) is 10.8. The lowest BCUT2D eigenvalue weighted by Crippen LogP contribution is -2.39. The molecule has 0 fully saturated rings. The van der Waals surface area contributed by atoms with Gasteiger partial charge in [-0.25, -0.2) is 4.79 Å². The number of carbonyl (C=O) groups is 2. The number of nitriles is 1. The second-order valence-corrected chi connectivity index (χ2v) is 8.81. The van der Waals surface area contributed by atoms with Crippen molar-refractivity contribution in [2.45, 2.75) is 6.10 Å². The fourth-order valence-corrected chi connectivity index (χ4v) is 4.30. The van der Waals surface area contributed by atoms with Gasteiger partial charge in [-0.05, 0) is 36.2 Å². The van der Waals surface area contributed by atoms with E-state index in [0.29, 0.717) is 5.56 Å². The number of nitrogens with two attached hydrogens (primary N) is 1. The minimum absolute atomic E-state index is 0.0541. The molecule has 2 atom stereocenters. The fraction of sp³-hybridized carbons (Fsp3) is 0.0800. The van der Waals surface area contributed by atoms with E-state index in [1.54, 1.807) is 24.3 Å². The van der Waals surface area contributed by atoms with Crippen molar-refractivity contribution in [2.75, 3.05) is 5.32 Å². The number of rotatable bonds is 8. The molecule has 3 aromatic rings. The van der Waals surface area contributed by atoms with Crippen LogP contribution in [0.25, 0.3) is 0 Å². The lowest BCUT2D eigenvalue weighted by Gasteiger charge is -2.30. The fourth-order valence-electron chi connectivity index (χ4n) is 4.00. The Balaban J connectivity index is 1.84. The van der Waals surface area contributed by atoms with Gasteiger partial charge >= 0.3 is 5.97 Å². The molecule has 1 aliphatic rings. The minimum Gasteiger partial charge on any atom is -0.859 e. The zero-order valence-corrected chi connectivity index (χ0v) is 20.6.